The van der Waals surface area contributed by atoms with Crippen LogP contribution in [0.4, 0.5) is 0 Å². The molecule has 1 saturated heterocycles. The standard InChI is InChI=1S/C12H12ClN3O2/c1-2-3-12(17)16-6-9(7-16)8-18-11-5-14-4-10(13)15-11/h4-5,9H,6-8H2,1H3. The van der Waals surface area contributed by atoms with Crippen LogP contribution < -0.4 is 4.74 Å². The minimum atomic E-state index is -0.128. The SMILES string of the molecule is CC#CC(=O)N1CC(COc2cncc(Cl)n2)C1. The second-order valence-electron chi connectivity index (χ2n) is 3.94. The summed E-state index contributed by atoms with van der Waals surface area (Å²) >= 11 is 5.69. The predicted molar refractivity (Wildman–Crippen MR) is 66.1 cm³/mol. The van der Waals surface area contributed by atoms with Gasteiger partial charge in [0.2, 0.25) is 5.88 Å². The molecule has 2 rings (SSSR count). The number of hydrogen-bond acceptors (Lipinski definition) is 4. The van der Waals surface area contributed by atoms with E-state index in [2.05, 4.69) is 21.8 Å². The summed E-state index contributed by atoms with van der Waals surface area (Å²) in [5.74, 6) is 5.68. The van der Waals surface area contributed by atoms with Crippen LogP contribution in [0.5, 0.6) is 5.88 Å². The van der Waals surface area contributed by atoms with Crippen molar-refractivity contribution in [1.82, 2.24) is 14.9 Å². The molecule has 6 heteroatoms. The number of hydrogen-bond donors (Lipinski definition) is 0. The van der Waals surface area contributed by atoms with Crippen LogP contribution in [0.2, 0.25) is 5.15 Å². The zero-order valence-corrected chi connectivity index (χ0v) is 10.6. The first-order valence-corrected chi connectivity index (χ1v) is 5.89. The average Bonchev–Trinajstić information content (AvgIpc) is 2.27. The van der Waals surface area contributed by atoms with E-state index in [-0.39, 0.29) is 5.91 Å². The van der Waals surface area contributed by atoms with Gasteiger partial charge in [0.05, 0.1) is 19.0 Å². The first-order chi connectivity index (χ1) is 8.69. The van der Waals surface area contributed by atoms with Gasteiger partial charge in [-0.25, -0.2) is 0 Å². The van der Waals surface area contributed by atoms with Gasteiger partial charge in [0.25, 0.3) is 5.91 Å². The number of halogens is 1. The fraction of sp³-hybridized carbons (Fsp3) is 0.417. The predicted octanol–water partition coefficient (Wildman–Crippen LogP) is 0.991. The second kappa shape index (κ2) is 5.69. The molecular weight excluding hydrogens is 254 g/mol. The van der Waals surface area contributed by atoms with Crippen LogP contribution in [0.25, 0.3) is 0 Å². The summed E-state index contributed by atoms with van der Waals surface area (Å²) in [6.07, 6.45) is 2.96. The number of rotatable bonds is 3. The average molecular weight is 266 g/mol. The third-order valence-corrected chi connectivity index (χ3v) is 2.71. The van der Waals surface area contributed by atoms with Crippen LogP contribution in [0.15, 0.2) is 12.4 Å². The molecule has 0 aliphatic carbocycles. The minimum Gasteiger partial charge on any atom is -0.476 e. The van der Waals surface area contributed by atoms with Crippen molar-refractivity contribution in [2.75, 3.05) is 19.7 Å². The smallest absolute Gasteiger partial charge is 0.298 e. The first kappa shape index (κ1) is 12.7. The Morgan fingerprint density at radius 3 is 3.06 bits per heavy atom. The van der Waals surface area contributed by atoms with Crippen LogP contribution in [-0.2, 0) is 4.79 Å². The third kappa shape index (κ3) is 3.11. The Labute approximate surface area is 110 Å². The molecule has 1 aromatic heterocycles. The van der Waals surface area contributed by atoms with Crippen molar-refractivity contribution in [1.29, 1.82) is 0 Å². The minimum absolute atomic E-state index is 0.128. The summed E-state index contributed by atoms with van der Waals surface area (Å²) in [6, 6.07) is 0. The summed E-state index contributed by atoms with van der Waals surface area (Å²) in [5.41, 5.74) is 0. The molecule has 0 bridgehead atoms. The maximum absolute atomic E-state index is 11.4. The summed E-state index contributed by atoms with van der Waals surface area (Å²) in [6.45, 7) is 3.48. The molecule has 1 fully saturated rings. The molecule has 0 N–H and O–H groups in total. The summed E-state index contributed by atoms with van der Waals surface area (Å²) < 4.78 is 5.45. The molecule has 2 heterocycles. The Morgan fingerprint density at radius 2 is 2.39 bits per heavy atom. The Hall–Kier alpha value is -1.80. The Morgan fingerprint density at radius 1 is 1.61 bits per heavy atom. The molecule has 0 unspecified atom stereocenters. The number of carbonyl (C=O) groups is 1. The van der Waals surface area contributed by atoms with Gasteiger partial charge in [-0.2, -0.15) is 4.98 Å². The van der Waals surface area contributed by atoms with E-state index in [0.29, 0.717) is 36.6 Å². The molecule has 94 valence electrons. The van der Waals surface area contributed by atoms with E-state index in [1.54, 1.807) is 11.8 Å². The number of carbonyl (C=O) groups excluding carboxylic acids is 1. The van der Waals surface area contributed by atoms with Gasteiger partial charge in [-0.05, 0) is 12.8 Å². The zero-order chi connectivity index (χ0) is 13.0. The largest absolute Gasteiger partial charge is 0.476 e. The zero-order valence-electron chi connectivity index (χ0n) is 9.89. The lowest BCUT2D eigenvalue weighted by Crippen LogP contribution is -2.51. The van der Waals surface area contributed by atoms with Crippen LogP contribution >= 0.6 is 11.6 Å². The van der Waals surface area contributed by atoms with Gasteiger partial charge in [0.15, 0.2) is 5.15 Å². The van der Waals surface area contributed by atoms with Crippen molar-refractivity contribution in [3.05, 3.63) is 17.5 Å². The lowest BCUT2D eigenvalue weighted by molar-refractivity contribution is -0.131. The highest BCUT2D eigenvalue weighted by molar-refractivity contribution is 6.29. The lowest BCUT2D eigenvalue weighted by Gasteiger charge is -2.37. The fourth-order valence-corrected chi connectivity index (χ4v) is 1.77. The molecule has 1 aliphatic heterocycles. The fourth-order valence-electron chi connectivity index (χ4n) is 1.63. The van der Waals surface area contributed by atoms with E-state index in [1.165, 1.54) is 12.4 Å². The van der Waals surface area contributed by atoms with Gasteiger partial charge < -0.3 is 9.64 Å². The highest BCUT2D eigenvalue weighted by Crippen LogP contribution is 2.17. The van der Waals surface area contributed by atoms with E-state index in [9.17, 15) is 4.79 Å². The molecule has 0 aromatic carbocycles. The summed E-state index contributed by atoms with van der Waals surface area (Å²) in [7, 11) is 0. The Kier molecular flexibility index (Phi) is 4.00. The Balaban J connectivity index is 1.74. The van der Waals surface area contributed by atoms with Crippen molar-refractivity contribution in [3.63, 3.8) is 0 Å². The molecular formula is C12H12ClN3O2. The molecule has 18 heavy (non-hydrogen) atoms. The van der Waals surface area contributed by atoms with Gasteiger partial charge in [-0.1, -0.05) is 17.5 Å². The first-order valence-electron chi connectivity index (χ1n) is 5.51. The Bertz CT molecular complexity index is 504. The highest BCUT2D eigenvalue weighted by Gasteiger charge is 2.30. The molecule has 0 saturated carbocycles. The van der Waals surface area contributed by atoms with Crippen LogP contribution in [0, 0.1) is 17.8 Å². The van der Waals surface area contributed by atoms with E-state index < -0.39 is 0 Å². The number of likely N-dealkylation sites (tertiary alicyclic amines) is 1. The molecule has 0 spiro atoms. The van der Waals surface area contributed by atoms with Crippen LogP contribution in [0.3, 0.4) is 0 Å². The van der Waals surface area contributed by atoms with Gasteiger partial charge in [0, 0.05) is 19.0 Å². The normalized spacial score (nSPS) is 14.4. The third-order valence-electron chi connectivity index (χ3n) is 2.53. The lowest BCUT2D eigenvalue weighted by atomic mass is 10.0. The second-order valence-corrected chi connectivity index (χ2v) is 4.33. The van der Waals surface area contributed by atoms with Crippen molar-refractivity contribution < 1.29 is 9.53 Å². The summed E-state index contributed by atoms with van der Waals surface area (Å²) in [5, 5.41) is 0.302. The summed E-state index contributed by atoms with van der Waals surface area (Å²) in [4.78, 5) is 20.9. The quantitative estimate of drug-likeness (QED) is 0.765. The van der Waals surface area contributed by atoms with E-state index in [0.717, 1.165) is 0 Å². The van der Waals surface area contributed by atoms with Gasteiger partial charge in [0.1, 0.15) is 0 Å². The van der Waals surface area contributed by atoms with E-state index in [4.69, 9.17) is 16.3 Å². The molecule has 1 aromatic rings. The molecule has 0 atom stereocenters. The van der Waals surface area contributed by atoms with Crippen molar-refractivity contribution in [2.45, 2.75) is 6.92 Å². The maximum atomic E-state index is 11.4. The van der Waals surface area contributed by atoms with Crippen molar-refractivity contribution >= 4 is 17.5 Å². The number of ether oxygens (including phenoxy) is 1. The molecule has 1 aliphatic rings. The number of amides is 1. The van der Waals surface area contributed by atoms with Crippen LogP contribution in [0.1, 0.15) is 6.92 Å². The van der Waals surface area contributed by atoms with Crippen molar-refractivity contribution in [2.24, 2.45) is 5.92 Å². The number of aromatic nitrogens is 2. The van der Waals surface area contributed by atoms with Gasteiger partial charge in [-0.15, -0.1) is 0 Å². The highest BCUT2D eigenvalue weighted by atomic mass is 35.5. The number of nitrogens with zero attached hydrogens (tertiary/aromatic N) is 3. The van der Waals surface area contributed by atoms with Gasteiger partial charge in [-0.3, -0.25) is 9.78 Å². The molecule has 5 nitrogen and oxygen atoms in total. The van der Waals surface area contributed by atoms with Gasteiger partial charge >= 0.3 is 0 Å². The molecule has 0 radical (unpaired) electrons. The topological polar surface area (TPSA) is 55.3 Å². The maximum Gasteiger partial charge on any atom is 0.298 e. The molecule has 1 amide bonds. The van der Waals surface area contributed by atoms with E-state index >= 15 is 0 Å². The monoisotopic (exact) mass is 265 g/mol. The van der Waals surface area contributed by atoms with Crippen molar-refractivity contribution in [3.8, 4) is 17.7 Å². The van der Waals surface area contributed by atoms with Crippen LogP contribution in [-0.4, -0.2) is 40.5 Å². The van der Waals surface area contributed by atoms with E-state index in [1.807, 2.05) is 0 Å².